The van der Waals surface area contributed by atoms with Crippen molar-refractivity contribution in [2.75, 3.05) is 32.7 Å². The Hall–Kier alpha value is -2.24. The Morgan fingerprint density at radius 2 is 1.81 bits per heavy atom. The molecule has 0 bridgehead atoms. The van der Waals surface area contributed by atoms with Gasteiger partial charge in [-0.15, -0.1) is 0 Å². The quantitative estimate of drug-likeness (QED) is 0.916. The average molecular weight is 356 g/mol. The summed E-state index contributed by atoms with van der Waals surface area (Å²) >= 11 is 0. The van der Waals surface area contributed by atoms with E-state index in [0.29, 0.717) is 32.7 Å². The number of carbonyl (C=O) groups is 1. The fourth-order valence-electron chi connectivity index (χ4n) is 3.40. The average Bonchev–Trinajstić information content (AvgIpc) is 2.64. The lowest BCUT2D eigenvalue weighted by Gasteiger charge is -2.36. The number of hydrogen-bond donors (Lipinski definition) is 1. The molecular weight excluding hydrogens is 331 g/mol. The molecule has 1 fully saturated rings. The molecule has 26 heavy (non-hydrogen) atoms. The lowest BCUT2D eigenvalue weighted by Crippen LogP contribution is -2.49. The zero-order chi connectivity index (χ0) is 18.7. The number of halogens is 1. The van der Waals surface area contributed by atoms with Crippen LogP contribution in [0.3, 0.4) is 0 Å². The van der Waals surface area contributed by atoms with E-state index in [9.17, 15) is 14.3 Å². The minimum atomic E-state index is -0.552. The first-order valence-corrected chi connectivity index (χ1v) is 8.97. The predicted octanol–water partition coefficient (Wildman–Crippen LogP) is 2.93. The smallest absolute Gasteiger partial charge is 0.256 e. The number of piperazine rings is 1. The summed E-state index contributed by atoms with van der Waals surface area (Å²) in [6.07, 6.45) is -0.552. The maximum absolute atomic E-state index is 13.8. The van der Waals surface area contributed by atoms with E-state index in [1.54, 1.807) is 17.0 Å². The molecule has 1 saturated heterocycles. The molecular formula is C21H25FN2O2. The maximum Gasteiger partial charge on any atom is 0.256 e. The van der Waals surface area contributed by atoms with Gasteiger partial charge in [0, 0.05) is 32.7 Å². The monoisotopic (exact) mass is 356 g/mol. The molecule has 1 aliphatic rings. The summed E-state index contributed by atoms with van der Waals surface area (Å²) in [6, 6.07) is 12.2. The number of β-amino-alcohol motifs (C(OH)–C–C–N with tert-alkyl or cyclic N) is 1. The number of benzene rings is 2. The molecule has 138 valence electrons. The van der Waals surface area contributed by atoms with Gasteiger partial charge in [-0.1, -0.05) is 35.9 Å². The first-order chi connectivity index (χ1) is 12.5. The van der Waals surface area contributed by atoms with Crippen LogP contribution in [0.25, 0.3) is 0 Å². The van der Waals surface area contributed by atoms with Crippen molar-refractivity contribution in [1.29, 1.82) is 0 Å². The molecule has 5 heteroatoms. The Labute approximate surface area is 153 Å². The van der Waals surface area contributed by atoms with Gasteiger partial charge in [0.25, 0.3) is 5.91 Å². The van der Waals surface area contributed by atoms with Gasteiger partial charge in [-0.25, -0.2) is 4.39 Å². The highest BCUT2D eigenvalue weighted by atomic mass is 19.1. The Bertz CT molecular complexity index is 785. The van der Waals surface area contributed by atoms with Gasteiger partial charge < -0.3 is 10.0 Å². The second-order valence-corrected chi connectivity index (χ2v) is 6.95. The predicted molar refractivity (Wildman–Crippen MR) is 99.6 cm³/mol. The number of carbonyl (C=O) groups excluding carboxylic acids is 1. The number of aryl methyl sites for hydroxylation is 2. The van der Waals surface area contributed by atoms with Crippen molar-refractivity contribution in [3.63, 3.8) is 0 Å². The number of aliphatic hydroxyl groups excluding tert-OH is 1. The number of nitrogens with zero attached hydrogens (tertiary/aromatic N) is 2. The van der Waals surface area contributed by atoms with Gasteiger partial charge in [0.15, 0.2) is 0 Å². The molecule has 0 unspecified atom stereocenters. The fraction of sp³-hybridized carbons (Fsp3) is 0.381. The van der Waals surface area contributed by atoms with Gasteiger partial charge in [-0.2, -0.15) is 0 Å². The van der Waals surface area contributed by atoms with Crippen LogP contribution in [0, 0.1) is 19.7 Å². The molecule has 1 amide bonds. The summed E-state index contributed by atoms with van der Waals surface area (Å²) in [6.45, 7) is 6.96. The van der Waals surface area contributed by atoms with Crippen molar-refractivity contribution in [1.82, 2.24) is 9.80 Å². The molecule has 2 aromatic rings. The van der Waals surface area contributed by atoms with Gasteiger partial charge >= 0.3 is 0 Å². The SMILES string of the molecule is Cc1ccc(C)c([C@H](O)CN2CCN(C(=O)c3ccccc3F)CC2)c1. The van der Waals surface area contributed by atoms with E-state index >= 15 is 0 Å². The van der Waals surface area contributed by atoms with E-state index in [1.807, 2.05) is 32.0 Å². The summed E-state index contributed by atoms with van der Waals surface area (Å²) in [5.41, 5.74) is 3.28. The molecule has 1 aliphatic heterocycles. The lowest BCUT2D eigenvalue weighted by molar-refractivity contribution is 0.0523. The zero-order valence-electron chi connectivity index (χ0n) is 15.3. The van der Waals surface area contributed by atoms with Crippen LogP contribution in [0.2, 0.25) is 0 Å². The van der Waals surface area contributed by atoms with Crippen molar-refractivity contribution in [2.45, 2.75) is 20.0 Å². The third-order valence-corrected chi connectivity index (χ3v) is 4.99. The summed E-state index contributed by atoms with van der Waals surface area (Å²) < 4.78 is 13.8. The van der Waals surface area contributed by atoms with E-state index < -0.39 is 11.9 Å². The molecule has 1 atom stereocenters. The van der Waals surface area contributed by atoms with Gasteiger partial charge in [0.1, 0.15) is 5.82 Å². The molecule has 0 aliphatic carbocycles. The van der Waals surface area contributed by atoms with Crippen LogP contribution in [0.5, 0.6) is 0 Å². The minimum Gasteiger partial charge on any atom is -0.387 e. The molecule has 1 N–H and O–H groups in total. The van der Waals surface area contributed by atoms with Crippen molar-refractivity contribution in [2.24, 2.45) is 0 Å². The largest absolute Gasteiger partial charge is 0.387 e. The lowest BCUT2D eigenvalue weighted by atomic mass is 10.0. The van der Waals surface area contributed by atoms with Crippen LogP contribution in [-0.4, -0.2) is 53.5 Å². The third kappa shape index (κ3) is 4.11. The molecule has 2 aromatic carbocycles. The Morgan fingerprint density at radius 1 is 1.12 bits per heavy atom. The topological polar surface area (TPSA) is 43.8 Å². The molecule has 0 saturated carbocycles. The molecule has 0 aromatic heterocycles. The van der Waals surface area contributed by atoms with Gasteiger partial charge in [-0.3, -0.25) is 9.69 Å². The van der Waals surface area contributed by atoms with Crippen LogP contribution in [0.4, 0.5) is 4.39 Å². The first kappa shape index (κ1) is 18.5. The molecule has 3 rings (SSSR count). The second-order valence-electron chi connectivity index (χ2n) is 6.95. The van der Waals surface area contributed by atoms with Crippen LogP contribution in [0.15, 0.2) is 42.5 Å². The standard InChI is InChI=1S/C21H25FN2O2/c1-15-7-8-16(2)18(13-15)20(25)14-23-9-11-24(12-10-23)21(26)17-5-3-4-6-19(17)22/h3-8,13,20,25H,9-12,14H2,1-2H3/t20-/m1/s1. The highest BCUT2D eigenvalue weighted by molar-refractivity contribution is 5.94. The highest BCUT2D eigenvalue weighted by Gasteiger charge is 2.25. The van der Waals surface area contributed by atoms with Crippen molar-refractivity contribution in [3.8, 4) is 0 Å². The van der Waals surface area contributed by atoms with Gasteiger partial charge in [0.05, 0.1) is 11.7 Å². The van der Waals surface area contributed by atoms with Gasteiger partial charge in [0.2, 0.25) is 0 Å². The fourth-order valence-corrected chi connectivity index (χ4v) is 3.40. The molecule has 4 nitrogen and oxygen atoms in total. The van der Waals surface area contributed by atoms with Gasteiger partial charge in [-0.05, 0) is 37.1 Å². The Balaban J connectivity index is 1.58. The summed E-state index contributed by atoms with van der Waals surface area (Å²) in [5.74, 6) is -0.747. The van der Waals surface area contributed by atoms with Crippen molar-refractivity contribution >= 4 is 5.91 Å². The zero-order valence-corrected chi connectivity index (χ0v) is 15.3. The Morgan fingerprint density at radius 3 is 2.50 bits per heavy atom. The normalized spacial score (nSPS) is 16.5. The van der Waals surface area contributed by atoms with E-state index in [1.165, 1.54) is 12.1 Å². The number of amides is 1. The van der Waals surface area contributed by atoms with Crippen LogP contribution in [-0.2, 0) is 0 Å². The number of rotatable bonds is 4. The third-order valence-electron chi connectivity index (χ3n) is 4.99. The second kappa shape index (κ2) is 7.98. The maximum atomic E-state index is 13.8. The van der Waals surface area contributed by atoms with Crippen molar-refractivity contribution in [3.05, 3.63) is 70.5 Å². The minimum absolute atomic E-state index is 0.122. The Kier molecular flexibility index (Phi) is 5.69. The summed E-state index contributed by atoms with van der Waals surface area (Å²) in [7, 11) is 0. The van der Waals surface area contributed by atoms with Crippen molar-refractivity contribution < 1.29 is 14.3 Å². The van der Waals surface area contributed by atoms with E-state index in [0.717, 1.165) is 16.7 Å². The van der Waals surface area contributed by atoms with E-state index in [2.05, 4.69) is 4.90 Å². The number of hydrogen-bond acceptors (Lipinski definition) is 3. The van der Waals surface area contributed by atoms with Crippen LogP contribution in [0.1, 0.15) is 33.2 Å². The van der Waals surface area contributed by atoms with E-state index in [4.69, 9.17) is 0 Å². The number of aliphatic hydroxyl groups is 1. The van der Waals surface area contributed by atoms with Crippen LogP contribution < -0.4 is 0 Å². The molecule has 0 spiro atoms. The van der Waals surface area contributed by atoms with Crippen LogP contribution >= 0.6 is 0 Å². The molecule has 0 radical (unpaired) electrons. The highest BCUT2D eigenvalue weighted by Crippen LogP contribution is 2.21. The first-order valence-electron chi connectivity index (χ1n) is 8.97. The summed E-state index contributed by atoms with van der Waals surface area (Å²) in [5, 5.41) is 10.6. The van der Waals surface area contributed by atoms with E-state index in [-0.39, 0.29) is 11.5 Å². The molecule has 1 heterocycles. The summed E-state index contributed by atoms with van der Waals surface area (Å²) in [4.78, 5) is 16.3.